The van der Waals surface area contributed by atoms with E-state index in [1.807, 2.05) is 140 Å². The first-order valence-electron chi connectivity index (χ1n) is 17.6. The third-order valence-corrected chi connectivity index (χ3v) is 8.80. The van der Waals surface area contributed by atoms with Gasteiger partial charge in [-0.2, -0.15) is 0 Å². The van der Waals surface area contributed by atoms with Gasteiger partial charge in [-0.3, -0.25) is 4.79 Å². The van der Waals surface area contributed by atoms with Gasteiger partial charge in [0.25, 0.3) is 5.91 Å². The number of esters is 1. The minimum Gasteiger partial charge on any atom is -0.489 e. The molecule has 0 saturated carbocycles. The number of anilines is 1. The van der Waals surface area contributed by atoms with Crippen LogP contribution in [0.5, 0.6) is 17.2 Å². The Balaban J connectivity index is 1.37. The van der Waals surface area contributed by atoms with Crippen LogP contribution in [-0.2, 0) is 31.1 Å². The molecule has 1 amide bonds. The minimum absolute atomic E-state index is 0.0517. The van der Waals surface area contributed by atoms with Crippen molar-refractivity contribution < 1.29 is 28.5 Å². The molecule has 268 valence electrons. The molecule has 0 atom stereocenters. The number of methoxy groups -OCH3 is 1. The van der Waals surface area contributed by atoms with Crippen LogP contribution in [-0.4, -0.2) is 19.0 Å². The van der Waals surface area contributed by atoms with Crippen LogP contribution in [0.25, 0.3) is 0 Å². The topological polar surface area (TPSA) is 74.3 Å². The Labute approximate surface area is 311 Å². The number of nitrogens with zero attached hydrogens (tertiary/aromatic N) is 1. The Bertz CT molecular complexity index is 2080. The third kappa shape index (κ3) is 9.71. The number of rotatable bonds is 15. The summed E-state index contributed by atoms with van der Waals surface area (Å²) >= 11 is 0. The van der Waals surface area contributed by atoms with Gasteiger partial charge in [-0.05, 0) is 76.2 Å². The van der Waals surface area contributed by atoms with Gasteiger partial charge < -0.3 is 23.8 Å². The van der Waals surface area contributed by atoms with Gasteiger partial charge in [-0.1, -0.05) is 117 Å². The smallest absolute Gasteiger partial charge is 0.337 e. The third-order valence-electron chi connectivity index (χ3n) is 8.80. The predicted molar refractivity (Wildman–Crippen MR) is 208 cm³/mol. The number of carbonyl (C=O) groups excluding carboxylic acids is 2. The monoisotopic (exact) mass is 705 g/mol. The quantitative estimate of drug-likeness (QED) is 0.0991. The molecular formula is C46H43NO6. The van der Waals surface area contributed by atoms with E-state index in [2.05, 4.69) is 13.8 Å². The normalized spacial score (nSPS) is 10.8. The molecule has 6 aromatic rings. The van der Waals surface area contributed by atoms with E-state index in [4.69, 9.17) is 18.9 Å². The second-order valence-electron chi connectivity index (χ2n) is 12.9. The van der Waals surface area contributed by atoms with Gasteiger partial charge >= 0.3 is 5.97 Å². The van der Waals surface area contributed by atoms with E-state index in [0.29, 0.717) is 47.3 Å². The molecule has 0 spiro atoms. The van der Waals surface area contributed by atoms with E-state index in [0.717, 1.165) is 27.8 Å². The summed E-state index contributed by atoms with van der Waals surface area (Å²) in [5, 5.41) is 0. The van der Waals surface area contributed by atoms with Crippen molar-refractivity contribution in [2.75, 3.05) is 12.0 Å². The Morgan fingerprint density at radius 3 is 1.58 bits per heavy atom. The van der Waals surface area contributed by atoms with Crippen LogP contribution in [0.1, 0.15) is 68.3 Å². The van der Waals surface area contributed by atoms with Crippen molar-refractivity contribution in [3.8, 4) is 17.2 Å². The molecule has 0 saturated heterocycles. The molecule has 0 heterocycles. The van der Waals surface area contributed by atoms with Crippen LogP contribution in [0.15, 0.2) is 152 Å². The highest BCUT2D eigenvalue weighted by Crippen LogP contribution is 2.37. The Morgan fingerprint density at radius 2 is 1.08 bits per heavy atom. The Morgan fingerprint density at radius 1 is 0.566 bits per heavy atom. The lowest BCUT2D eigenvalue weighted by atomic mass is 9.97. The van der Waals surface area contributed by atoms with E-state index in [-0.39, 0.29) is 25.0 Å². The van der Waals surface area contributed by atoms with Gasteiger partial charge in [0.15, 0.2) is 0 Å². The standard InChI is InChI=1S/C46H43NO6/c1-33(2)41-27-42(44(53-32-37-17-11-6-12-18-37)28-43(41)52-31-36-15-9-5-10-16-36)45(48)47(29-34-19-21-38(22-20-34)46(49)50-3)39-23-25-40(26-24-39)51-30-35-13-7-4-8-14-35/h4-28,33H,29-32H2,1-3H3. The van der Waals surface area contributed by atoms with Crippen LogP contribution in [0, 0.1) is 0 Å². The first kappa shape index (κ1) is 36.5. The number of hydrogen-bond acceptors (Lipinski definition) is 6. The maximum atomic E-state index is 15.0. The van der Waals surface area contributed by atoms with Crippen LogP contribution >= 0.6 is 0 Å². The van der Waals surface area contributed by atoms with Crippen LogP contribution in [0.4, 0.5) is 5.69 Å². The van der Waals surface area contributed by atoms with Crippen molar-refractivity contribution in [1.82, 2.24) is 0 Å². The van der Waals surface area contributed by atoms with Gasteiger partial charge in [0.05, 0.1) is 24.8 Å². The van der Waals surface area contributed by atoms with Crippen molar-refractivity contribution in [2.24, 2.45) is 0 Å². The maximum absolute atomic E-state index is 15.0. The van der Waals surface area contributed by atoms with E-state index in [1.165, 1.54) is 7.11 Å². The number of amides is 1. The largest absolute Gasteiger partial charge is 0.489 e. The summed E-state index contributed by atoms with van der Waals surface area (Å²) in [6, 6.07) is 48.1. The summed E-state index contributed by atoms with van der Waals surface area (Å²) in [5.74, 6) is 1.14. The van der Waals surface area contributed by atoms with Crippen LogP contribution in [0.2, 0.25) is 0 Å². The Hall–Kier alpha value is -6.34. The molecule has 0 aromatic heterocycles. The van der Waals surface area contributed by atoms with Crippen LogP contribution in [0.3, 0.4) is 0 Å². The lowest BCUT2D eigenvalue weighted by molar-refractivity contribution is 0.0600. The van der Waals surface area contributed by atoms with Crippen molar-refractivity contribution >= 4 is 17.6 Å². The fourth-order valence-electron chi connectivity index (χ4n) is 5.85. The highest BCUT2D eigenvalue weighted by molar-refractivity contribution is 6.08. The molecule has 0 unspecified atom stereocenters. The van der Waals surface area contributed by atoms with Gasteiger partial charge in [-0.15, -0.1) is 0 Å². The summed E-state index contributed by atoms with van der Waals surface area (Å²) < 4.78 is 23.8. The molecular weight excluding hydrogens is 663 g/mol. The molecule has 0 N–H and O–H groups in total. The second kappa shape index (κ2) is 17.7. The highest BCUT2D eigenvalue weighted by Gasteiger charge is 2.26. The molecule has 0 aliphatic heterocycles. The van der Waals surface area contributed by atoms with Crippen molar-refractivity contribution in [3.05, 3.63) is 191 Å². The van der Waals surface area contributed by atoms with Crippen molar-refractivity contribution in [3.63, 3.8) is 0 Å². The second-order valence-corrected chi connectivity index (χ2v) is 12.9. The molecule has 0 fully saturated rings. The van der Waals surface area contributed by atoms with Gasteiger partial charge in [0.2, 0.25) is 0 Å². The zero-order valence-corrected chi connectivity index (χ0v) is 30.2. The van der Waals surface area contributed by atoms with Gasteiger partial charge in [0.1, 0.15) is 37.1 Å². The molecule has 53 heavy (non-hydrogen) atoms. The average Bonchev–Trinajstić information content (AvgIpc) is 3.21. The summed E-state index contributed by atoms with van der Waals surface area (Å²) in [7, 11) is 1.35. The SMILES string of the molecule is COC(=O)c1ccc(CN(C(=O)c2cc(C(C)C)c(OCc3ccccc3)cc2OCc2ccccc2)c2ccc(OCc3ccccc3)cc2)cc1. The average molecular weight is 706 g/mol. The van der Waals surface area contributed by atoms with E-state index in [9.17, 15) is 9.59 Å². The first-order chi connectivity index (χ1) is 25.9. The molecule has 0 radical (unpaired) electrons. The number of carbonyl (C=O) groups is 2. The predicted octanol–water partition coefficient (Wildman–Crippen LogP) is 10.2. The molecule has 0 aliphatic carbocycles. The Kier molecular flexibility index (Phi) is 12.2. The van der Waals surface area contributed by atoms with E-state index in [1.54, 1.807) is 17.0 Å². The first-order valence-corrected chi connectivity index (χ1v) is 17.6. The number of ether oxygens (including phenoxy) is 4. The number of benzene rings is 6. The molecule has 7 heteroatoms. The lowest BCUT2D eigenvalue weighted by Crippen LogP contribution is -2.31. The van der Waals surface area contributed by atoms with Crippen molar-refractivity contribution in [1.29, 1.82) is 0 Å². The fourth-order valence-corrected chi connectivity index (χ4v) is 5.85. The maximum Gasteiger partial charge on any atom is 0.337 e. The molecule has 6 aromatic carbocycles. The molecule has 6 rings (SSSR count). The summed E-state index contributed by atoms with van der Waals surface area (Å²) in [4.78, 5) is 28.8. The van der Waals surface area contributed by atoms with E-state index >= 15 is 0 Å². The van der Waals surface area contributed by atoms with E-state index < -0.39 is 5.97 Å². The molecule has 0 aliphatic rings. The molecule has 0 bridgehead atoms. The number of hydrogen-bond donors (Lipinski definition) is 0. The molecule has 7 nitrogen and oxygen atoms in total. The van der Waals surface area contributed by atoms with Gasteiger partial charge in [0, 0.05) is 11.8 Å². The fraction of sp³-hybridized carbons (Fsp3) is 0.174. The highest BCUT2D eigenvalue weighted by atomic mass is 16.5. The summed E-state index contributed by atoms with van der Waals surface area (Å²) in [6.07, 6.45) is 0. The van der Waals surface area contributed by atoms with Crippen molar-refractivity contribution in [2.45, 2.75) is 46.1 Å². The summed E-state index contributed by atoms with van der Waals surface area (Å²) in [5.41, 5.74) is 6.30. The minimum atomic E-state index is -0.424. The summed E-state index contributed by atoms with van der Waals surface area (Å²) in [6.45, 7) is 5.46. The zero-order chi connectivity index (χ0) is 37.0. The van der Waals surface area contributed by atoms with Gasteiger partial charge in [-0.25, -0.2) is 4.79 Å². The van der Waals surface area contributed by atoms with Crippen LogP contribution < -0.4 is 19.1 Å². The lowest BCUT2D eigenvalue weighted by Gasteiger charge is -2.26. The zero-order valence-electron chi connectivity index (χ0n) is 30.2.